The Hall–Kier alpha value is -3.07. The zero-order valence-corrected chi connectivity index (χ0v) is 15.6. The number of nitrogens with zero attached hydrogens (tertiary/aromatic N) is 8. The van der Waals surface area contributed by atoms with Gasteiger partial charge in [0.2, 0.25) is 0 Å². The molecule has 136 valence electrons. The van der Waals surface area contributed by atoms with E-state index in [9.17, 15) is 0 Å². The predicted molar refractivity (Wildman–Crippen MR) is 101 cm³/mol. The molecule has 0 bridgehead atoms. The van der Waals surface area contributed by atoms with Gasteiger partial charge >= 0.3 is 0 Å². The topological polar surface area (TPSA) is 101 Å². The molecule has 0 aromatic carbocycles. The number of anilines is 1. The molecule has 27 heavy (non-hydrogen) atoms. The molecular weight excluding hydrogens is 366 g/mol. The van der Waals surface area contributed by atoms with Gasteiger partial charge in [0.25, 0.3) is 0 Å². The Morgan fingerprint density at radius 2 is 1.89 bits per heavy atom. The number of aryl methyl sites for hydroxylation is 2. The van der Waals surface area contributed by atoms with E-state index in [1.165, 1.54) is 0 Å². The molecule has 0 radical (unpaired) electrons. The largest absolute Gasteiger partial charge is 0.355 e. The minimum atomic E-state index is 0.484. The molecule has 0 saturated carbocycles. The van der Waals surface area contributed by atoms with E-state index < -0.39 is 0 Å². The van der Waals surface area contributed by atoms with Crippen LogP contribution in [0.4, 0.5) is 5.82 Å². The van der Waals surface area contributed by atoms with Gasteiger partial charge in [-0.15, -0.1) is 0 Å². The van der Waals surface area contributed by atoms with E-state index in [4.69, 9.17) is 16.6 Å². The van der Waals surface area contributed by atoms with E-state index in [-0.39, 0.29) is 0 Å². The minimum Gasteiger partial charge on any atom is -0.355 e. The molecule has 0 unspecified atom stereocenters. The summed E-state index contributed by atoms with van der Waals surface area (Å²) >= 11 is 5.94. The maximum Gasteiger partial charge on any atom is 0.163 e. The van der Waals surface area contributed by atoms with Gasteiger partial charge < -0.3 is 4.90 Å². The van der Waals surface area contributed by atoms with E-state index in [2.05, 4.69) is 35.1 Å². The van der Waals surface area contributed by atoms with Crippen LogP contribution in [0.3, 0.4) is 0 Å². The number of aromatic nitrogens is 8. The van der Waals surface area contributed by atoms with Crippen LogP contribution in [0.25, 0.3) is 28.3 Å². The van der Waals surface area contributed by atoms with Crippen molar-refractivity contribution in [1.29, 1.82) is 0 Å². The first-order valence-corrected chi connectivity index (χ1v) is 9.00. The van der Waals surface area contributed by atoms with Crippen molar-refractivity contribution < 1.29 is 0 Å². The fourth-order valence-electron chi connectivity index (χ4n) is 3.31. The fourth-order valence-corrected chi connectivity index (χ4v) is 3.41. The molecule has 1 aliphatic heterocycles. The normalized spacial score (nSPS) is 14.0. The van der Waals surface area contributed by atoms with Gasteiger partial charge in [-0.3, -0.25) is 5.10 Å². The summed E-state index contributed by atoms with van der Waals surface area (Å²) in [6.45, 7) is 5.79. The third-order valence-corrected chi connectivity index (χ3v) is 4.95. The monoisotopic (exact) mass is 381 g/mol. The fraction of sp³-hybridized carbons (Fsp3) is 0.294. The Morgan fingerprint density at radius 3 is 2.59 bits per heavy atom. The van der Waals surface area contributed by atoms with Gasteiger partial charge in [0.15, 0.2) is 11.6 Å². The number of halogens is 1. The second-order valence-corrected chi connectivity index (χ2v) is 6.91. The highest BCUT2D eigenvalue weighted by Crippen LogP contribution is 2.36. The smallest absolute Gasteiger partial charge is 0.163 e. The maximum atomic E-state index is 5.94. The van der Waals surface area contributed by atoms with E-state index in [1.54, 1.807) is 18.7 Å². The van der Waals surface area contributed by atoms with Crippen LogP contribution in [0, 0.1) is 13.8 Å². The Morgan fingerprint density at radius 1 is 1.11 bits per heavy atom. The Bertz CT molecular complexity index is 1140. The molecule has 9 nitrogen and oxygen atoms in total. The molecule has 5 rings (SSSR count). The maximum absolute atomic E-state index is 5.94. The average Bonchev–Trinajstić information content (AvgIpc) is 3.16. The number of fused-ring (bicyclic) bond motifs is 1. The number of rotatable bonds is 3. The summed E-state index contributed by atoms with van der Waals surface area (Å²) < 4.78 is 1.82. The van der Waals surface area contributed by atoms with Crippen molar-refractivity contribution in [3.05, 3.63) is 35.3 Å². The first-order chi connectivity index (χ1) is 13.1. The van der Waals surface area contributed by atoms with Crippen LogP contribution in [-0.2, 0) is 0 Å². The van der Waals surface area contributed by atoms with Crippen molar-refractivity contribution in [3.63, 3.8) is 0 Å². The second-order valence-electron chi connectivity index (χ2n) is 6.48. The third-order valence-electron chi connectivity index (χ3n) is 4.76. The van der Waals surface area contributed by atoms with Gasteiger partial charge in [-0.25, -0.2) is 24.5 Å². The van der Waals surface area contributed by atoms with Crippen molar-refractivity contribution in [2.45, 2.75) is 20.3 Å². The highest BCUT2D eigenvalue weighted by molar-refractivity contribution is 6.30. The van der Waals surface area contributed by atoms with Gasteiger partial charge in [0.05, 0.1) is 22.0 Å². The Labute approximate surface area is 159 Å². The van der Waals surface area contributed by atoms with Crippen molar-refractivity contribution in [3.8, 4) is 22.8 Å². The molecule has 1 saturated heterocycles. The van der Waals surface area contributed by atoms with Crippen molar-refractivity contribution in [1.82, 2.24) is 39.7 Å². The van der Waals surface area contributed by atoms with Gasteiger partial charge in [-0.2, -0.15) is 10.2 Å². The van der Waals surface area contributed by atoms with Crippen LogP contribution < -0.4 is 4.90 Å². The van der Waals surface area contributed by atoms with Gasteiger partial charge in [0, 0.05) is 25.5 Å². The average molecular weight is 382 g/mol. The molecule has 4 aromatic heterocycles. The first-order valence-electron chi connectivity index (χ1n) is 8.62. The van der Waals surface area contributed by atoms with Crippen molar-refractivity contribution in [2.75, 3.05) is 18.0 Å². The lowest BCUT2D eigenvalue weighted by Gasteiger charge is -2.32. The highest BCUT2D eigenvalue weighted by Gasteiger charge is 2.27. The predicted octanol–water partition coefficient (Wildman–Crippen LogP) is 2.45. The zero-order valence-electron chi connectivity index (χ0n) is 14.8. The van der Waals surface area contributed by atoms with E-state index in [0.717, 1.165) is 59.3 Å². The molecular formula is C17H16ClN9. The molecule has 1 fully saturated rings. The first kappa shape index (κ1) is 16.1. The van der Waals surface area contributed by atoms with Gasteiger partial charge in [0.1, 0.15) is 23.4 Å². The summed E-state index contributed by atoms with van der Waals surface area (Å²) in [7, 11) is 0. The van der Waals surface area contributed by atoms with Crippen LogP contribution in [-0.4, -0.2) is 52.8 Å². The molecule has 10 heteroatoms. The van der Waals surface area contributed by atoms with Crippen LogP contribution in [0.15, 0.2) is 18.7 Å². The summed E-state index contributed by atoms with van der Waals surface area (Å²) in [5.74, 6) is 2.20. The molecule has 0 amide bonds. The number of hydrogen-bond donors (Lipinski definition) is 1. The van der Waals surface area contributed by atoms with Crippen LogP contribution in [0.5, 0.6) is 0 Å². The lowest BCUT2D eigenvalue weighted by molar-refractivity contribution is 0.608. The summed E-state index contributed by atoms with van der Waals surface area (Å²) in [4.78, 5) is 20.2. The van der Waals surface area contributed by atoms with E-state index in [1.807, 2.05) is 18.4 Å². The molecule has 0 aliphatic carbocycles. The van der Waals surface area contributed by atoms with Crippen molar-refractivity contribution in [2.24, 2.45) is 0 Å². The SMILES string of the molecule is Cc1n[nH]c(-c2nc(C)n3ncnc(N4CCC4)c23)c1-c1ncc(Cl)cn1. The highest BCUT2D eigenvalue weighted by atomic mass is 35.5. The molecule has 0 spiro atoms. The van der Waals surface area contributed by atoms with Gasteiger partial charge in [-0.1, -0.05) is 11.6 Å². The van der Waals surface area contributed by atoms with Crippen LogP contribution in [0.2, 0.25) is 5.02 Å². The summed E-state index contributed by atoms with van der Waals surface area (Å²) in [6, 6.07) is 0. The molecule has 5 heterocycles. The van der Waals surface area contributed by atoms with Crippen LogP contribution >= 0.6 is 11.6 Å². The van der Waals surface area contributed by atoms with Gasteiger partial charge in [-0.05, 0) is 20.3 Å². The summed E-state index contributed by atoms with van der Waals surface area (Å²) in [5, 5.41) is 12.3. The summed E-state index contributed by atoms with van der Waals surface area (Å²) in [6.07, 6.45) is 5.88. The molecule has 1 aliphatic rings. The Kier molecular flexibility index (Phi) is 3.57. The lowest BCUT2D eigenvalue weighted by atomic mass is 10.1. The number of aromatic amines is 1. The van der Waals surface area contributed by atoms with E-state index >= 15 is 0 Å². The van der Waals surface area contributed by atoms with E-state index in [0.29, 0.717) is 10.8 Å². The summed E-state index contributed by atoms with van der Waals surface area (Å²) in [5.41, 5.74) is 3.92. The zero-order chi connectivity index (χ0) is 18.5. The lowest BCUT2D eigenvalue weighted by Crippen LogP contribution is -2.38. The number of hydrogen-bond acceptors (Lipinski definition) is 7. The molecule has 1 N–H and O–H groups in total. The minimum absolute atomic E-state index is 0.484. The number of H-pyrrole nitrogens is 1. The molecule has 0 atom stereocenters. The van der Waals surface area contributed by atoms with Crippen molar-refractivity contribution >= 4 is 22.9 Å². The third kappa shape index (κ3) is 2.46. The van der Waals surface area contributed by atoms with Crippen LogP contribution in [0.1, 0.15) is 17.9 Å². The second kappa shape index (κ2) is 5.98. The molecule has 4 aromatic rings. The standard InChI is InChI=1S/C17H16ClN9/c1-9-12(16-19-6-11(18)7-20-16)13(25-24-9)14-15-17(26-4-3-5-26)21-8-22-27(15)10(2)23-14/h6-8H,3-5H2,1-2H3,(H,24,25). The Balaban J connectivity index is 1.77. The number of imidazole rings is 1. The quantitative estimate of drug-likeness (QED) is 0.581. The number of nitrogens with one attached hydrogen (secondary N) is 1.